The number of fused-ring (bicyclic) bond motifs is 1. The Morgan fingerprint density at radius 2 is 1.77 bits per heavy atom. The Bertz CT molecular complexity index is 1070. The summed E-state index contributed by atoms with van der Waals surface area (Å²) in [5.41, 5.74) is 3.94. The van der Waals surface area contributed by atoms with Crippen molar-refractivity contribution in [3.05, 3.63) is 83.7 Å². The van der Waals surface area contributed by atoms with Gasteiger partial charge in [0.05, 0.1) is 5.56 Å². The Morgan fingerprint density at radius 1 is 1.06 bits per heavy atom. The van der Waals surface area contributed by atoms with Crippen LogP contribution in [0.3, 0.4) is 0 Å². The normalized spacial score (nSPS) is 14.6. The van der Waals surface area contributed by atoms with Crippen LogP contribution in [0, 0.1) is 0 Å². The third kappa shape index (κ3) is 4.55. The van der Waals surface area contributed by atoms with Gasteiger partial charge in [-0.15, -0.1) is 0 Å². The molecule has 0 spiro atoms. The van der Waals surface area contributed by atoms with Gasteiger partial charge in [0, 0.05) is 31.2 Å². The number of amides is 1. The predicted molar refractivity (Wildman–Crippen MR) is 113 cm³/mol. The Balaban J connectivity index is 1.51. The van der Waals surface area contributed by atoms with Crippen LogP contribution in [0.5, 0.6) is 0 Å². The molecule has 0 radical (unpaired) electrons. The monoisotopic (exact) mass is 425 g/mol. The molecule has 0 aliphatic carbocycles. The largest absolute Gasteiger partial charge is 0.416 e. The summed E-state index contributed by atoms with van der Waals surface area (Å²) >= 11 is 0. The highest BCUT2D eigenvalue weighted by molar-refractivity contribution is 5.84. The van der Waals surface area contributed by atoms with Crippen molar-refractivity contribution in [3.8, 4) is 11.1 Å². The minimum absolute atomic E-state index is 0.00222. The first-order valence-corrected chi connectivity index (χ1v) is 10.1. The zero-order valence-corrected chi connectivity index (χ0v) is 17.0. The van der Waals surface area contributed by atoms with Gasteiger partial charge in [-0.25, -0.2) is 0 Å². The van der Waals surface area contributed by atoms with E-state index in [0.29, 0.717) is 19.5 Å². The smallest absolute Gasteiger partial charge is 0.374 e. The standard InChI is InChI=1S/C24H22F3N3O/c1-16(29-20-9-12-28-13-10-20)23(31)30-14-11-22-18(15-30)3-2-4-21(22)17-5-7-19(8-6-17)24(25,26)27/h2-10,12-13,16H,11,14-15H2,1H3,(H,28,29)/t16-/m1/s1. The van der Waals surface area contributed by atoms with Gasteiger partial charge in [-0.3, -0.25) is 9.78 Å². The molecule has 1 aliphatic heterocycles. The molecule has 3 aromatic rings. The highest BCUT2D eigenvalue weighted by atomic mass is 19.4. The van der Waals surface area contributed by atoms with Crippen LogP contribution >= 0.6 is 0 Å². The number of hydrogen-bond donors (Lipinski definition) is 1. The summed E-state index contributed by atoms with van der Waals surface area (Å²) < 4.78 is 38.6. The van der Waals surface area contributed by atoms with Crippen molar-refractivity contribution in [3.63, 3.8) is 0 Å². The van der Waals surface area contributed by atoms with Crippen LogP contribution in [0.1, 0.15) is 23.6 Å². The zero-order chi connectivity index (χ0) is 22.0. The molecule has 160 valence electrons. The van der Waals surface area contributed by atoms with Gasteiger partial charge in [0.2, 0.25) is 5.91 Å². The number of alkyl halides is 3. The molecular formula is C24H22F3N3O. The lowest BCUT2D eigenvalue weighted by molar-refractivity contribution is -0.137. The number of anilines is 1. The van der Waals surface area contributed by atoms with Crippen molar-refractivity contribution in [1.82, 2.24) is 9.88 Å². The van der Waals surface area contributed by atoms with Gasteiger partial charge in [-0.1, -0.05) is 30.3 Å². The van der Waals surface area contributed by atoms with Crippen molar-refractivity contribution >= 4 is 11.6 Å². The topological polar surface area (TPSA) is 45.2 Å². The second-order valence-electron chi connectivity index (χ2n) is 7.63. The minimum atomic E-state index is -4.35. The highest BCUT2D eigenvalue weighted by Crippen LogP contribution is 2.34. The molecule has 0 unspecified atom stereocenters. The summed E-state index contributed by atoms with van der Waals surface area (Å²) in [6.45, 7) is 2.87. The number of nitrogens with one attached hydrogen (secondary N) is 1. The number of carbonyl (C=O) groups is 1. The van der Waals surface area contributed by atoms with Gasteiger partial charge < -0.3 is 10.2 Å². The third-order valence-corrected chi connectivity index (χ3v) is 5.53. The molecule has 0 fully saturated rings. The Labute approximate surface area is 178 Å². The van der Waals surface area contributed by atoms with Gasteiger partial charge in [0.15, 0.2) is 0 Å². The molecule has 1 atom stereocenters. The molecule has 31 heavy (non-hydrogen) atoms. The van der Waals surface area contributed by atoms with E-state index >= 15 is 0 Å². The summed E-state index contributed by atoms with van der Waals surface area (Å²) in [7, 11) is 0. The van der Waals surface area contributed by atoms with E-state index < -0.39 is 11.7 Å². The van der Waals surface area contributed by atoms with Crippen LogP contribution in [0.15, 0.2) is 67.0 Å². The molecule has 4 rings (SSSR count). The predicted octanol–water partition coefficient (Wildman–Crippen LogP) is 5.15. The number of halogens is 3. The lowest BCUT2D eigenvalue weighted by Gasteiger charge is -2.32. The van der Waals surface area contributed by atoms with E-state index in [4.69, 9.17) is 0 Å². The van der Waals surface area contributed by atoms with Crippen LogP contribution < -0.4 is 5.32 Å². The fourth-order valence-corrected chi connectivity index (χ4v) is 3.94. The molecule has 4 nitrogen and oxygen atoms in total. The van der Waals surface area contributed by atoms with Gasteiger partial charge in [-0.2, -0.15) is 13.2 Å². The second kappa shape index (κ2) is 8.41. The van der Waals surface area contributed by atoms with Crippen molar-refractivity contribution < 1.29 is 18.0 Å². The molecule has 0 saturated carbocycles. The van der Waals surface area contributed by atoms with E-state index in [-0.39, 0.29) is 11.9 Å². The van der Waals surface area contributed by atoms with Crippen molar-refractivity contribution in [2.75, 3.05) is 11.9 Å². The first-order valence-electron chi connectivity index (χ1n) is 10.1. The van der Waals surface area contributed by atoms with Gasteiger partial charge >= 0.3 is 6.18 Å². The molecule has 7 heteroatoms. The Kier molecular flexibility index (Phi) is 5.67. The van der Waals surface area contributed by atoms with Crippen LogP contribution in [-0.4, -0.2) is 28.4 Å². The third-order valence-electron chi connectivity index (χ3n) is 5.53. The quantitative estimate of drug-likeness (QED) is 0.629. The van der Waals surface area contributed by atoms with E-state index in [9.17, 15) is 18.0 Å². The van der Waals surface area contributed by atoms with E-state index in [0.717, 1.165) is 40.1 Å². The van der Waals surface area contributed by atoms with Crippen LogP contribution in [0.4, 0.5) is 18.9 Å². The van der Waals surface area contributed by atoms with Gasteiger partial charge in [-0.05, 0) is 59.9 Å². The zero-order valence-electron chi connectivity index (χ0n) is 17.0. The molecule has 0 saturated heterocycles. The molecule has 2 aromatic carbocycles. The summed E-state index contributed by atoms with van der Waals surface area (Å²) in [6.07, 6.45) is -0.365. The van der Waals surface area contributed by atoms with Crippen LogP contribution in [-0.2, 0) is 23.9 Å². The number of hydrogen-bond acceptors (Lipinski definition) is 3. The number of pyridine rings is 1. The summed E-state index contributed by atoms with van der Waals surface area (Å²) in [5.74, 6) is 0.00222. The SMILES string of the molecule is C[C@@H](Nc1ccncc1)C(=O)N1CCc2c(cccc2-c2ccc(C(F)(F)F)cc2)C1. The van der Waals surface area contributed by atoms with Crippen molar-refractivity contribution in [2.24, 2.45) is 0 Å². The lowest BCUT2D eigenvalue weighted by atomic mass is 9.90. The van der Waals surface area contributed by atoms with E-state index in [1.165, 1.54) is 12.1 Å². The Morgan fingerprint density at radius 3 is 2.45 bits per heavy atom. The second-order valence-corrected chi connectivity index (χ2v) is 7.63. The summed E-state index contributed by atoms with van der Waals surface area (Å²) in [5, 5.41) is 3.19. The maximum atomic E-state index is 12.9. The lowest BCUT2D eigenvalue weighted by Crippen LogP contribution is -2.43. The minimum Gasteiger partial charge on any atom is -0.374 e. The Hall–Kier alpha value is -3.35. The summed E-state index contributed by atoms with van der Waals surface area (Å²) in [4.78, 5) is 18.7. The highest BCUT2D eigenvalue weighted by Gasteiger charge is 2.30. The van der Waals surface area contributed by atoms with Gasteiger partial charge in [0.1, 0.15) is 6.04 Å². The maximum Gasteiger partial charge on any atom is 0.416 e. The number of nitrogens with zero attached hydrogens (tertiary/aromatic N) is 2. The molecule has 1 aliphatic rings. The van der Waals surface area contributed by atoms with Crippen LogP contribution in [0.25, 0.3) is 11.1 Å². The molecule has 1 aromatic heterocycles. The van der Waals surface area contributed by atoms with E-state index in [1.54, 1.807) is 12.4 Å². The molecule has 1 N–H and O–H groups in total. The molecule has 1 amide bonds. The number of carbonyl (C=O) groups excluding carboxylic acids is 1. The molecule has 0 bridgehead atoms. The fraction of sp³-hybridized carbons (Fsp3) is 0.250. The first-order chi connectivity index (χ1) is 14.8. The van der Waals surface area contributed by atoms with Gasteiger partial charge in [0.25, 0.3) is 0 Å². The number of aromatic nitrogens is 1. The van der Waals surface area contributed by atoms with E-state index in [2.05, 4.69) is 10.3 Å². The van der Waals surface area contributed by atoms with E-state index in [1.807, 2.05) is 42.2 Å². The van der Waals surface area contributed by atoms with Crippen molar-refractivity contribution in [1.29, 1.82) is 0 Å². The fourth-order valence-electron chi connectivity index (χ4n) is 3.94. The molecule has 2 heterocycles. The average molecular weight is 425 g/mol. The average Bonchev–Trinajstić information content (AvgIpc) is 2.78. The molecular weight excluding hydrogens is 403 g/mol. The summed E-state index contributed by atoms with van der Waals surface area (Å²) in [6, 6.07) is 14.3. The first kappa shape index (κ1) is 20.9. The van der Waals surface area contributed by atoms with Crippen LogP contribution in [0.2, 0.25) is 0 Å². The number of benzene rings is 2. The maximum absolute atomic E-state index is 12.9. The van der Waals surface area contributed by atoms with Crippen molar-refractivity contribution in [2.45, 2.75) is 32.1 Å². The number of rotatable bonds is 4.